The first kappa shape index (κ1) is 12.2. The number of halogens is 1. The van der Waals surface area contributed by atoms with Crippen LogP contribution >= 0.6 is 0 Å². The molecule has 4 heteroatoms. The highest BCUT2D eigenvalue weighted by atomic mass is 19.1. The topological polar surface area (TPSA) is 52.3 Å². The molecular weight excluding hydrogens is 209 g/mol. The van der Waals surface area contributed by atoms with Crippen LogP contribution in [0.1, 0.15) is 17.5 Å². The van der Waals surface area contributed by atoms with E-state index in [1.165, 1.54) is 19.2 Å². The first-order valence-electron chi connectivity index (χ1n) is 4.71. The van der Waals surface area contributed by atoms with Gasteiger partial charge < -0.3 is 10.5 Å². The van der Waals surface area contributed by atoms with Crippen molar-refractivity contribution in [2.45, 2.75) is 13.0 Å². The lowest BCUT2D eigenvalue weighted by Crippen LogP contribution is -2.00. The van der Waals surface area contributed by atoms with E-state index in [1.54, 1.807) is 6.07 Å². The van der Waals surface area contributed by atoms with Crippen LogP contribution in [-0.2, 0) is 16.1 Å². The van der Waals surface area contributed by atoms with E-state index in [0.29, 0.717) is 5.56 Å². The molecule has 84 valence electrons. The highest BCUT2D eigenvalue weighted by molar-refractivity contribution is 5.72. The number of carbonyl (C=O) groups excluding carboxylic acids is 1. The molecule has 0 unspecified atom stereocenters. The fraction of sp³-hybridized carbons (Fsp3) is 0.250. The minimum atomic E-state index is -0.418. The van der Waals surface area contributed by atoms with Gasteiger partial charge in [-0.2, -0.15) is 0 Å². The maximum Gasteiger partial charge on any atom is 0.317 e. The van der Waals surface area contributed by atoms with E-state index < -0.39 is 5.97 Å². The van der Waals surface area contributed by atoms with E-state index in [1.807, 2.05) is 0 Å². The third kappa shape index (κ3) is 3.37. The summed E-state index contributed by atoms with van der Waals surface area (Å²) in [4.78, 5) is 10.8. The second-order valence-corrected chi connectivity index (χ2v) is 3.06. The van der Waals surface area contributed by atoms with Gasteiger partial charge in [0.2, 0.25) is 0 Å². The predicted octanol–water partition coefficient (Wildman–Crippen LogP) is 1.20. The predicted molar refractivity (Wildman–Crippen MR) is 57.8 cm³/mol. The molecule has 0 aliphatic rings. The number of ether oxygens (including phenoxy) is 1. The maximum atomic E-state index is 12.9. The number of nitrogens with two attached hydrogens (primary N) is 1. The molecular formula is C12H12FNO2. The largest absolute Gasteiger partial charge is 0.468 e. The number of hydrogen-bond acceptors (Lipinski definition) is 3. The smallest absolute Gasteiger partial charge is 0.317 e. The fourth-order valence-electron chi connectivity index (χ4n) is 1.13. The van der Waals surface area contributed by atoms with Crippen LogP contribution in [0.15, 0.2) is 18.2 Å². The number of methoxy groups -OCH3 is 1. The Morgan fingerprint density at radius 2 is 2.31 bits per heavy atom. The molecule has 0 heterocycles. The van der Waals surface area contributed by atoms with Crippen LogP contribution in [0.4, 0.5) is 4.39 Å². The molecule has 0 spiro atoms. The molecule has 0 aliphatic heterocycles. The molecule has 1 aromatic rings. The van der Waals surface area contributed by atoms with Gasteiger partial charge in [0.25, 0.3) is 0 Å². The molecule has 16 heavy (non-hydrogen) atoms. The molecule has 0 aliphatic carbocycles. The van der Waals surface area contributed by atoms with Gasteiger partial charge in [-0.1, -0.05) is 17.9 Å². The Kier molecular flexibility index (Phi) is 4.49. The Morgan fingerprint density at radius 3 is 2.94 bits per heavy atom. The maximum absolute atomic E-state index is 12.9. The van der Waals surface area contributed by atoms with Crippen LogP contribution in [0.3, 0.4) is 0 Å². The lowest BCUT2D eigenvalue weighted by Gasteiger charge is -2.00. The minimum Gasteiger partial charge on any atom is -0.468 e. The lowest BCUT2D eigenvalue weighted by molar-refractivity contribution is -0.139. The molecule has 1 rings (SSSR count). The Hall–Kier alpha value is -1.86. The van der Waals surface area contributed by atoms with Gasteiger partial charge in [-0.25, -0.2) is 4.39 Å². The van der Waals surface area contributed by atoms with Crippen LogP contribution in [0.2, 0.25) is 0 Å². The molecule has 2 N–H and O–H groups in total. The van der Waals surface area contributed by atoms with Gasteiger partial charge in [0.1, 0.15) is 12.2 Å². The zero-order valence-corrected chi connectivity index (χ0v) is 8.92. The molecule has 0 atom stereocenters. The molecule has 0 fully saturated rings. The van der Waals surface area contributed by atoms with Gasteiger partial charge in [0.15, 0.2) is 0 Å². The Balaban J connectivity index is 2.86. The summed E-state index contributed by atoms with van der Waals surface area (Å²) in [5.41, 5.74) is 6.73. The summed E-state index contributed by atoms with van der Waals surface area (Å²) < 4.78 is 17.4. The van der Waals surface area contributed by atoms with Crippen LogP contribution < -0.4 is 5.73 Å². The fourth-order valence-corrected chi connectivity index (χ4v) is 1.13. The van der Waals surface area contributed by atoms with Crippen LogP contribution in [-0.4, -0.2) is 13.1 Å². The third-order valence-electron chi connectivity index (χ3n) is 1.98. The average Bonchev–Trinajstić information content (AvgIpc) is 2.29. The Bertz CT molecular complexity index is 446. The summed E-state index contributed by atoms with van der Waals surface area (Å²) in [6, 6.07) is 4.21. The zero-order valence-electron chi connectivity index (χ0n) is 8.92. The third-order valence-corrected chi connectivity index (χ3v) is 1.98. The van der Waals surface area contributed by atoms with E-state index in [9.17, 15) is 9.18 Å². The summed E-state index contributed by atoms with van der Waals surface area (Å²) in [5.74, 6) is 4.51. The number of benzene rings is 1. The number of esters is 1. The molecule has 0 bridgehead atoms. The van der Waals surface area contributed by atoms with Crippen molar-refractivity contribution in [2.24, 2.45) is 5.73 Å². The number of carbonyl (C=O) groups is 1. The van der Waals surface area contributed by atoms with Crippen LogP contribution in [0, 0.1) is 17.7 Å². The second-order valence-electron chi connectivity index (χ2n) is 3.06. The summed E-state index contributed by atoms with van der Waals surface area (Å²) in [7, 11) is 1.29. The van der Waals surface area contributed by atoms with Gasteiger partial charge in [0.05, 0.1) is 7.11 Å². The summed E-state index contributed by atoms with van der Waals surface area (Å²) in [5, 5.41) is 0. The van der Waals surface area contributed by atoms with Gasteiger partial charge in [-0.15, -0.1) is 0 Å². The van der Waals surface area contributed by atoms with Crippen molar-refractivity contribution in [3.8, 4) is 11.8 Å². The number of hydrogen-bond donors (Lipinski definition) is 1. The zero-order chi connectivity index (χ0) is 12.0. The Morgan fingerprint density at radius 1 is 1.56 bits per heavy atom. The molecule has 0 saturated heterocycles. The molecule has 1 aromatic carbocycles. The van der Waals surface area contributed by atoms with E-state index in [4.69, 9.17) is 5.73 Å². The normalized spacial score (nSPS) is 9.19. The standard InChI is InChI=1S/C12H12FNO2/c1-16-12(15)4-2-3-9-7-11(13)6-5-10(9)8-14/h5-7H,4,8,14H2,1H3. The monoisotopic (exact) mass is 221 g/mol. The van der Waals surface area contributed by atoms with Gasteiger partial charge >= 0.3 is 5.97 Å². The van der Waals surface area contributed by atoms with E-state index in [2.05, 4.69) is 16.6 Å². The van der Waals surface area contributed by atoms with Gasteiger partial charge in [-0.3, -0.25) is 4.79 Å². The van der Waals surface area contributed by atoms with Crippen molar-refractivity contribution < 1.29 is 13.9 Å². The summed E-state index contributed by atoms with van der Waals surface area (Å²) in [6.45, 7) is 0.280. The molecule has 0 radical (unpaired) electrons. The second kappa shape index (κ2) is 5.89. The van der Waals surface area contributed by atoms with E-state index >= 15 is 0 Å². The Labute approximate surface area is 93.4 Å². The van der Waals surface area contributed by atoms with Crippen molar-refractivity contribution in [3.05, 3.63) is 35.1 Å². The van der Waals surface area contributed by atoms with Crippen molar-refractivity contribution in [1.82, 2.24) is 0 Å². The van der Waals surface area contributed by atoms with E-state index in [-0.39, 0.29) is 18.8 Å². The highest BCUT2D eigenvalue weighted by Gasteiger charge is 2.00. The van der Waals surface area contributed by atoms with Crippen molar-refractivity contribution >= 4 is 5.97 Å². The van der Waals surface area contributed by atoms with Crippen molar-refractivity contribution in [1.29, 1.82) is 0 Å². The van der Waals surface area contributed by atoms with Crippen molar-refractivity contribution in [2.75, 3.05) is 7.11 Å². The van der Waals surface area contributed by atoms with Gasteiger partial charge in [0, 0.05) is 12.1 Å². The minimum absolute atomic E-state index is 0.0168. The molecule has 0 saturated carbocycles. The summed E-state index contributed by atoms with van der Waals surface area (Å²) in [6.07, 6.45) is -0.0168. The molecule has 0 aromatic heterocycles. The first-order valence-corrected chi connectivity index (χ1v) is 4.71. The average molecular weight is 221 g/mol. The first-order chi connectivity index (χ1) is 7.67. The number of rotatable bonds is 2. The van der Waals surface area contributed by atoms with Crippen LogP contribution in [0.5, 0.6) is 0 Å². The highest BCUT2D eigenvalue weighted by Crippen LogP contribution is 2.09. The SMILES string of the molecule is COC(=O)CC#Cc1cc(F)ccc1CN. The quantitative estimate of drug-likeness (QED) is 0.603. The summed E-state index contributed by atoms with van der Waals surface area (Å²) >= 11 is 0. The lowest BCUT2D eigenvalue weighted by atomic mass is 10.1. The van der Waals surface area contributed by atoms with Crippen LogP contribution in [0.25, 0.3) is 0 Å². The van der Waals surface area contributed by atoms with E-state index in [0.717, 1.165) is 5.56 Å². The molecule has 0 amide bonds. The van der Waals surface area contributed by atoms with Gasteiger partial charge in [-0.05, 0) is 17.7 Å². The van der Waals surface area contributed by atoms with Crippen molar-refractivity contribution in [3.63, 3.8) is 0 Å². The molecule has 3 nitrogen and oxygen atoms in total.